The summed E-state index contributed by atoms with van der Waals surface area (Å²) in [6, 6.07) is 20.7. The highest BCUT2D eigenvalue weighted by atomic mass is 32.2. The molecule has 0 aromatic heterocycles. The lowest BCUT2D eigenvalue weighted by molar-refractivity contribution is -0.0855. The normalized spacial score (nSPS) is 27.7. The van der Waals surface area contributed by atoms with Crippen molar-refractivity contribution < 1.29 is 15.3 Å². The molecule has 0 spiro atoms. The van der Waals surface area contributed by atoms with Crippen LogP contribution in [-0.4, -0.2) is 46.1 Å². The first-order chi connectivity index (χ1) is 14.5. The predicted octanol–water partition coefficient (Wildman–Crippen LogP) is 4.34. The quantitative estimate of drug-likeness (QED) is 0.527. The summed E-state index contributed by atoms with van der Waals surface area (Å²) >= 11 is 1.87. The molecule has 4 unspecified atom stereocenters. The van der Waals surface area contributed by atoms with E-state index in [0.717, 1.165) is 42.8 Å². The van der Waals surface area contributed by atoms with Crippen molar-refractivity contribution in [3.05, 3.63) is 71.8 Å². The number of rotatable bonds is 10. The van der Waals surface area contributed by atoms with Gasteiger partial charge in [0.25, 0.3) is 0 Å². The largest absolute Gasteiger partial charge is 0.396 e. The lowest BCUT2D eigenvalue weighted by Gasteiger charge is -2.52. The highest BCUT2D eigenvalue weighted by molar-refractivity contribution is 7.99. The second-order valence-corrected chi connectivity index (χ2v) is 10.3. The average molecular weight is 429 g/mol. The van der Waals surface area contributed by atoms with Crippen LogP contribution in [0.1, 0.15) is 37.3 Å². The third-order valence-electron chi connectivity index (χ3n) is 6.74. The van der Waals surface area contributed by atoms with E-state index < -0.39 is 11.5 Å². The average Bonchev–Trinajstić information content (AvgIpc) is 2.78. The summed E-state index contributed by atoms with van der Waals surface area (Å²) in [6.45, 7) is 2.26. The zero-order valence-corrected chi connectivity index (χ0v) is 18.9. The molecule has 4 heteroatoms. The van der Waals surface area contributed by atoms with Gasteiger partial charge in [0.15, 0.2) is 0 Å². The molecule has 0 amide bonds. The van der Waals surface area contributed by atoms with Gasteiger partial charge in [-0.15, -0.1) is 0 Å². The van der Waals surface area contributed by atoms with E-state index >= 15 is 0 Å². The van der Waals surface area contributed by atoms with E-state index in [1.54, 1.807) is 0 Å². The highest BCUT2D eigenvalue weighted by Gasteiger charge is 2.52. The Bertz CT molecular complexity index is 753. The topological polar surface area (TPSA) is 60.7 Å². The first-order valence-electron chi connectivity index (χ1n) is 11.1. The van der Waals surface area contributed by atoms with Crippen LogP contribution in [0.5, 0.6) is 0 Å². The fraction of sp³-hybridized carbons (Fsp3) is 0.538. The third kappa shape index (κ3) is 5.47. The minimum absolute atomic E-state index is 0.0142. The SMILES string of the molecule is CC(CO)CCCC1(Cc2ccccc2)CSCC(CO)(Cc2ccccc2)C1O. The van der Waals surface area contributed by atoms with Crippen molar-refractivity contribution in [3.8, 4) is 0 Å². The molecule has 1 fully saturated rings. The molecule has 1 heterocycles. The summed E-state index contributed by atoms with van der Waals surface area (Å²) in [5.74, 6) is 1.94. The van der Waals surface area contributed by atoms with Gasteiger partial charge in [0.05, 0.1) is 12.7 Å². The Morgan fingerprint density at radius 2 is 1.43 bits per heavy atom. The van der Waals surface area contributed by atoms with Crippen LogP contribution in [0.25, 0.3) is 0 Å². The van der Waals surface area contributed by atoms with E-state index in [1.807, 2.05) is 36.0 Å². The number of thioether (sulfide) groups is 1. The van der Waals surface area contributed by atoms with Crippen LogP contribution in [0.15, 0.2) is 60.7 Å². The molecule has 3 N–H and O–H groups in total. The lowest BCUT2D eigenvalue weighted by Crippen LogP contribution is -2.57. The molecule has 164 valence electrons. The van der Waals surface area contributed by atoms with Gasteiger partial charge in [0.2, 0.25) is 0 Å². The summed E-state index contributed by atoms with van der Waals surface area (Å²) < 4.78 is 0. The highest BCUT2D eigenvalue weighted by Crippen LogP contribution is 2.50. The minimum atomic E-state index is -0.582. The van der Waals surface area contributed by atoms with Crippen LogP contribution in [-0.2, 0) is 12.8 Å². The van der Waals surface area contributed by atoms with Crippen LogP contribution < -0.4 is 0 Å². The third-order valence-corrected chi connectivity index (χ3v) is 8.29. The molecule has 0 saturated carbocycles. The summed E-state index contributed by atoms with van der Waals surface area (Å²) in [5.41, 5.74) is 1.58. The van der Waals surface area contributed by atoms with Gasteiger partial charge in [0, 0.05) is 28.9 Å². The van der Waals surface area contributed by atoms with Crippen molar-refractivity contribution in [1.82, 2.24) is 0 Å². The predicted molar refractivity (Wildman–Crippen MR) is 126 cm³/mol. The van der Waals surface area contributed by atoms with Gasteiger partial charge in [-0.3, -0.25) is 0 Å². The molecule has 1 saturated heterocycles. The second-order valence-electron chi connectivity index (χ2n) is 9.28. The maximum atomic E-state index is 11.9. The number of benzene rings is 2. The number of hydrogen-bond donors (Lipinski definition) is 3. The zero-order valence-electron chi connectivity index (χ0n) is 18.0. The first-order valence-corrected chi connectivity index (χ1v) is 12.2. The fourth-order valence-corrected chi connectivity index (χ4v) is 6.61. The van der Waals surface area contributed by atoms with Gasteiger partial charge >= 0.3 is 0 Å². The molecule has 1 aliphatic heterocycles. The van der Waals surface area contributed by atoms with Gasteiger partial charge in [0.1, 0.15) is 0 Å². The molecule has 4 atom stereocenters. The molecular weight excluding hydrogens is 392 g/mol. The van der Waals surface area contributed by atoms with Crippen molar-refractivity contribution in [3.63, 3.8) is 0 Å². The van der Waals surface area contributed by atoms with E-state index in [4.69, 9.17) is 0 Å². The van der Waals surface area contributed by atoms with Gasteiger partial charge in [-0.1, -0.05) is 74.0 Å². The standard InChI is InChI=1S/C26H36O3S/c1-21(17-27)9-8-14-25(15-22-10-4-2-5-11-22)19-30-20-26(18-28,24(25)29)16-23-12-6-3-7-13-23/h2-7,10-13,21,24,27-29H,8-9,14-20H2,1H3. The molecule has 30 heavy (non-hydrogen) atoms. The Kier molecular flexibility index (Phi) is 8.41. The van der Waals surface area contributed by atoms with Crippen molar-refractivity contribution in [2.75, 3.05) is 24.7 Å². The summed E-state index contributed by atoms with van der Waals surface area (Å²) in [7, 11) is 0. The van der Waals surface area contributed by atoms with Gasteiger partial charge in [-0.05, 0) is 42.7 Å². The molecule has 0 radical (unpaired) electrons. The van der Waals surface area contributed by atoms with Crippen LogP contribution in [0.4, 0.5) is 0 Å². The Balaban J connectivity index is 1.88. The number of aliphatic hydroxyl groups excluding tert-OH is 3. The summed E-state index contributed by atoms with van der Waals surface area (Å²) in [4.78, 5) is 0. The smallest absolute Gasteiger partial charge is 0.0696 e. The Hall–Kier alpha value is -1.33. The summed E-state index contributed by atoms with van der Waals surface area (Å²) in [6.07, 6.45) is 3.74. The van der Waals surface area contributed by atoms with Crippen molar-refractivity contribution in [1.29, 1.82) is 0 Å². The van der Waals surface area contributed by atoms with Crippen molar-refractivity contribution in [2.45, 2.75) is 45.1 Å². The van der Waals surface area contributed by atoms with E-state index in [1.165, 1.54) is 5.56 Å². The monoisotopic (exact) mass is 428 g/mol. The van der Waals surface area contributed by atoms with Crippen molar-refractivity contribution >= 4 is 11.8 Å². The van der Waals surface area contributed by atoms with Crippen molar-refractivity contribution in [2.24, 2.45) is 16.7 Å². The lowest BCUT2D eigenvalue weighted by atomic mass is 9.63. The molecule has 3 nitrogen and oxygen atoms in total. The number of hydrogen-bond acceptors (Lipinski definition) is 4. The molecule has 1 aliphatic rings. The van der Waals surface area contributed by atoms with Gasteiger partial charge in [-0.2, -0.15) is 11.8 Å². The van der Waals surface area contributed by atoms with Gasteiger partial charge < -0.3 is 15.3 Å². The Morgan fingerprint density at radius 3 is 1.97 bits per heavy atom. The minimum Gasteiger partial charge on any atom is -0.396 e. The van der Waals surface area contributed by atoms with E-state index in [0.29, 0.717) is 6.42 Å². The van der Waals surface area contributed by atoms with Crippen LogP contribution >= 0.6 is 11.8 Å². The van der Waals surface area contributed by atoms with Crippen LogP contribution in [0.2, 0.25) is 0 Å². The van der Waals surface area contributed by atoms with E-state index in [2.05, 4.69) is 43.3 Å². The summed E-state index contributed by atoms with van der Waals surface area (Å²) in [5, 5.41) is 31.8. The Morgan fingerprint density at radius 1 is 0.900 bits per heavy atom. The number of aliphatic hydroxyl groups is 3. The Labute approximate surface area is 185 Å². The van der Waals surface area contributed by atoms with Crippen LogP contribution in [0, 0.1) is 16.7 Å². The molecule has 3 rings (SSSR count). The van der Waals surface area contributed by atoms with Crippen LogP contribution in [0.3, 0.4) is 0 Å². The molecule has 0 bridgehead atoms. The second kappa shape index (κ2) is 10.8. The maximum absolute atomic E-state index is 11.9. The maximum Gasteiger partial charge on any atom is 0.0696 e. The van der Waals surface area contributed by atoms with E-state index in [9.17, 15) is 15.3 Å². The molecule has 2 aromatic rings. The fourth-order valence-electron chi connectivity index (χ4n) is 4.94. The molecule has 0 aliphatic carbocycles. The zero-order chi connectivity index (χ0) is 21.5. The van der Waals surface area contributed by atoms with Gasteiger partial charge in [-0.25, -0.2) is 0 Å². The van der Waals surface area contributed by atoms with E-state index in [-0.39, 0.29) is 24.5 Å². The molecule has 2 aromatic carbocycles. The first kappa shape index (κ1) is 23.3. The molecular formula is C26H36O3S.